The van der Waals surface area contributed by atoms with Gasteiger partial charge in [-0.1, -0.05) is 6.92 Å². The second-order valence-corrected chi connectivity index (χ2v) is 6.27. The number of anilines is 1. The van der Waals surface area contributed by atoms with Gasteiger partial charge in [-0.25, -0.2) is 4.98 Å². The van der Waals surface area contributed by atoms with E-state index in [9.17, 15) is 10.1 Å². The fraction of sp³-hybridized carbons (Fsp3) is 0.538. The number of nitriles is 1. The van der Waals surface area contributed by atoms with Crippen molar-refractivity contribution in [2.45, 2.75) is 37.5 Å². The molecule has 20 heavy (non-hydrogen) atoms. The van der Waals surface area contributed by atoms with Crippen LogP contribution in [0.2, 0.25) is 0 Å². The second kappa shape index (κ2) is 6.57. The van der Waals surface area contributed by atoms with Crippen molar-refractivity contribution in [1.82, 2.24) is 4.98 Å². The molecule has 1 N–H and O–H groups in total. The Balaban J connectivity index is 2.10. The first-order chi connectivity index (χ1) is 9.63. The molecule has 0 radical (unpaired) electrons. The maximum atomic E-state index is 11.0. The first-order valence-electron chi connectivity index (χ1n) is 6.56. The number of pyridine rings is 1. The van der Waals surface area contributed by atoms with Gasteiger partial charge in [0, 0.05) is 23.6 Å². The quantitative estimate of drug-likeness (QED) is 0.662. The molecule has 6 nitrogen and oxygen atoms in total. The summed E-state index contributed by atoms with van der Waals surface area (Å²) in [5.74, 6) is 1.35. The van der Waals surface area contributed by atoms with Gasteiger partial charge in [0.25, 0.3) is 0 Å². The molecule has 0 bridgehead atoms. The predicted octanol–water partition coefficient (Wildman–Crippen LogP) is 2.95. The summed E-state index contributed by atoms with van der Waals surface area (Å²) in [5.41, 5.74) is 0.0729. The summed E-state index contributed by atoms with van der Waals surface area (Å²) >= 11 is 1.93. The molecule has 0 aliphatic heterocycles. The predicted molar refractivity (Wildman–Crippen MR) is 78.8 cm³/mol. The topological polar surface area (TPSA) is 91.8 Å². The number of thioether (sulfide) groups is 1. The molecular formula is C13H16N4O2S. The summed E-state index contributed by atoms with van der Waals surface area (Å²) < 4.78 is 0. The second-order valence-electron chi connectivity index (χ2n) is 4.69. The van der Waals surface area contributed by atoms with Crippen LogP contribution < -0.4 is 5.32 Å². The van der Waals surface area contributed by atoms with Gasteiger partial charge in [0.2, 0.25) is 5.82 Å². The zero-order valence-corrected chi connectivity index (χ0v) is 12.0. The van der Waals surface area contributed by atoms with Gasteiger partial charge in [-0.15, -0.1) is 0 Å². The molecule has 1 saturated carbocycles. The maximum absolute atomic E-state index is 11.0. The third-order valence-corrected chi connectivity index (χ3v) is 4.55. The van der Waals surface area contributed by atoms with Crippen molar-refractivity contribution < 1.29 is 4.92 Å². The normalized spacial score (nSPS) is 21.4. The Bertz CT molecular complexity index is 544. The van der Waals surface area contributed by atoms with Crippen LogP contribution in [0.15, 0.2) is 12.3 Å². The highest BCUT2D eigenvalue weighted by molar-refractivity contribution is 7.99. The highest BCUT2D eigenvalue weighted by Gasteiger charge is 2.27. The lowest BCUT2D eigenvalue weighted by Crippen LogP contribution is -2.18. The van der Waals surface area contributed by atoms with Crippen LogP contribution in [0.1, 0.15) is 31.7 Å². The summed E-state index contributed by atoms with van der Waals surface area (Å²) in [6.45, 7) is 2.14. The van der Waals surface area contributed by atoms with E-state index in [2.05, 4.69) is 17.2 Å². The number of hydrogen-bond donors (Lipinski definition) is 1. The van der Waals surface area contributed by atoms with E-state index in [1.54, 1.807) is 0 Å². The number of nitro groups is 1. The number of nitrogens with zero attached hydrogens (tertiary/aromatic N) is 3. The Morgan fingerprint density at radius 1 is 1.65 bits per heavy atom. The van der Waals surface area contributed by atoms with Crippen molar-refractivity contribution in [3.05, 3.63) is 27.9 Å². The molecule has 2 atom stereocenters. The molecule has 1 fully saturated rings. The van der Waals surface area contributed by atoms with E-state index in [1.807, 2.05) is 17.8 Å². The van der Waals surface area contributed by atoms with E-state index in [-0.39, 0.29) is 23.1 Å². The number of rotatable bonds is 5. The molecule has 2 rings (SSSR count). The molecule has 1 aromatic rings. The van der Waals surface area contributed by atoms with Crippen molar-refractivity contribution >= 4 is 23.3 Å². The molecular weight excluding hydrogens is 276 g/mol. The summed E-state index contributed by atoms with van der Waals surface area (Å²) in [6.07, 6.45) is 4.48. The standard InChI is InChI=1S/C13H16N4O2S/c1-2-20-11-4-3-10(6-11)16-13-12(17(18)19)5-9(7-14)8-15-13/h5,8,10-11H,2-4,6H2,1H3,(H,15,16). The van der Waals surface area contributed by atoms with Gasteiger partial charge in [-0.2, -0.15) is 17.0 Å². The van der Waals surface area contributed by atoms with Crippen molar-refractivity contribution in [3.63, 3.8) is 0 Å². The van der Waals surface area contributed by atoms with Gasteiger partial charge in [-0.3, -0.25) is 10.1 Å². The van der Waals surface area contributed by atoms with Crippen LogP contribution in [0, 0.1) is 21.4 Å². The lowest BCUT2D eigenvalue weighted by Gasteiger charge is -2.13. The van der Waals surface area contributed by atoms with Gasteiger partial charge >= 0.3 is 5.69 Å². The molecule has 2 unspecified atom stereocenters. The minimum absolute atomic E-state index is 0.129. The number of aromatic nitrogens is 1. The maximum Gasteiger partial charge on any atom is 0.312 e. The Morgan fingerprint density at radius 2 is 2.45 bits per heavy atom. The molecule has 1 aliphatic rings. The molecule has 1 heterocycles. The van der Waals surface area contributed by atoms with Gasteiger partial charge in [0.05, 0.1) is 10.5 Å². The summed E-state index contributed by atoms with van der Waals surface area (Å²) in [5, 5.41) is 23.6. The number of hydrogen-bond acceptors (Lipinski definition) is 6. The van der Waals surface area contributed by atoms with Crippen LogP contribution in [0.5, 0.6) is 0 Å². The highest BCUT2D eigenvalue weighted by Crippen LogP contribution is 2.33. The van der Waals surface area contributed by atoms with E-state index in [4.69, 9.17) is 5.26 Å². The molecule has 1 aromatic heterocycles. The molecule has 7 heteroatoms. The molecule has 0 saturated heterocycles. The Kier molecular flexibility index (Phi) is 4.79. The average Bonchev–Trinajstić information content (AvgIpc) is 2.87. The van der Waals surface area contributed by atoms with E-state index >= 15 is 0 Å². The molecule has 0 amide bonds. The van der Waals surface area contributed by atoms with Gasteiger partial charge in [0.15, 0.2) is 0 Å². The SMILES string of the molecule is CCSC1CCC(Nc2ncc(C#N)cc2[N+](=O)[O-])C1. The van der Waals surface area contributed by atoms with Gasteiger partial charge in [-0.05, 0) is 25.0 Å². The molecule has 0 spiro atoms. The van der Waals surface area contributed by atoms with E-state index in [0.29, 0.717) is 5.25 Å². The van der Waals surface area contributed by atoms with Crippen LogP contribution in [-0.2, 0) is 0 Å². The lowest BCUT2D eigenvalue weighted by molar-refractivity contribution is -0.384. The van der Waals surface area contributed by atoms with Crippen molar-refractivity contribution in [3.8, 4) is 6.07 Å². The summed E-state index contributed by atoms with van der Waals surface area (Å²) in [6, 6.07) is 3.36. The minimum Gasteiger partial charge on any atom is -0.362 e. The fourth-order valence-corrected chi connectivity index (χ4v) is 3.56. The monoisotopic (exact) mass is 292 g/mol. The van der Waals surface area contributed by atoms with Crippen LogP contribution in [0.3, 0.4) is 0 Å². The Morgan fingerprint density at radius 3 is 3.10 bits per heavy atom. The first-order valence-corrected chi connectivity index (χ1v) is 7.61. The minimum atomic E-state index is -0.497. The van der Waals surface area contributed by atoms with Crippen LogP contribution >= 0.6 is 11.8 Å². The van der Waals surface area contributed by atoms with Crippen LogP contribution in [0.25, 0.3) is 0 Å². The fourth-order valence-electron chi connectivity index (χ4n) is 2.42. The van der Waals surface area contributed by atoms with Crippen LogP contribution in [0.4, 0.5) is 11.5 Å². The van der Waals surface area contributed by atoms with Crippen molar-refractivity contribution in [2.24, 2.45) is 0 Å². The third-order valence-electron chi connectivity index (χ3n) is 3.32. The summed E-state index contributed by atoms with van der Waals surface area (Å²) in [4.78, 5) is 14.6. The first kappa shape index (κ1) is 14.6. The van der Waals surface area contributed by atoms with E-state index in [0.717, 1.165) is 25.0 Å². The third kappa shape index (κ3) is 3.39. The van der Waals surface area contributed by atoms with Crippen LogP contribution in [-0.4, -0.2) is 27.0 Å². The molecule has 1 aliphatic carbocycles. The average molecular weight is 292 g/mol. The van der Waals surface area contributed by atoms with Crippen molar-refractivity contribution in [2.75, 3.05) is 11.1 Å². The lowest BCUT2D eigenvalue weighted by atomic mass is 10.2. The zero-order chi connectivity index (χ0) is 14.5. The van der Waals surface area contributed by atoms with Crippen molar-refractivity contribution in [1.29, 1.82) is 5.26 Å². The largest absolute Gasteiger partial charge is 0.362 e. The highest BCUT2D eigenvalue weighted by atomic mass is 32.2. The molecule has 106 valence electrons. The molecule has 0 aromatic carbocycles. The van der Waals surface area contributed by atoms with E-state index in [1.165, 1.54) is 12.3 Å². The Labute approximate surface area is 121 Å². The smallest absolute Gasteiger partial charge is 0.312 e. The summed E-state index contributed by atoms with van der Waals surface area (Å²) in [7, 11) is 0. The van der Waals surface area contributed by atoms with Gasteiger partial charge < -0.3 is 5.32 Å². The number of nitrogens with one attached hydrogen (secondary N) is 1. The van der Waals surface area contributed by atoms with Gasteiger partial charge in [0.1, 0.15) is 6.07 Å². The van der Waals surface area contributed by atoms with E-state index < -0.39 is 4.92 Å². The Hall–Kier alpha value is -1.81. The zero-order valence-electron chi connectivity index (χ0n) is 11.2.